The number of thiophene rings is 3. The summed E-state index contributed by atoms with van der Waals surface area (Å²) < 4.78 is 0. The Morgan fingerprint density at radius 1 is 0.789 bits per heavy atom. The van der Waals surface area contributed by atoms with E-state index < -0.39 is 0 Å². The van der Waals surface area contributed by atoms with Crippen LogP contribution in [0.4, 0.5) is 0 Å². The number of rotatable bonds is 4. The quantitative estimate of drug-likeness (QED) is 0.672. The molecule has 3 aromatic rings. The van der Waals surface area contributed by atoms with Crippen molar-refractivity contribution in [2.45, 2.75) is 0 Å². The minimum Gasteiger partial charge on any atom is -0.288 e. The highest BCUT2D eigenvalue weighted by atomic mass is 32.1. The molecule has 0 aliphatic heterocycles. The molecule has 19 heavy (non-hydrogen) atoms. The lowest BCUT2D eigenvalue weighted by molar-refractivity contribution is 0.101. The Labute approximate surface area is 122 Å². The molecule has 0 unspecified atom stereocenters. The number of hydrogen-bond acceptors (Lipinski definition) is 5. The summed E-state index contributed by atoms with van der Waals surface area (Å²) >= 11 is 4.17. The van der Waals surface area contributed by atoms with Gasteiger partial charge in [-0.15, -0.1) is 22.7 Å². The molecule has 0 aliphatic carbocycles. The molecule has 0 saturated heterocycles. The van der Waals surface area contributed by atoms with E-state index in [1.54, 1.807) is 22.9 Å². The van der Waals surface area contributed by atoms with Crippen LogP contribution in [0.25, 0.3) is 0 Å². The Balaban J connectivity index is 1.99. The van der Waals surface area contributed by atoms with Gasteiger partial charge in [-0.2, -0.15) is 11.3 Å². The fourth-order valence-electron chi connectivity index (χ4n) is 1.73. The minimum absolute atomic E-state index is 0.0730. The summed E-state index contributed by atoms with van der Waals surface area (Å²) in [6.45, 7) is 0. The second-order valence-electron chi connectivity index (χ2n) is 3.81. The van der Waals surface area contributed by atoms with Crippen LogP contribution in [-0.2, 0) is 0 Å². The largest absolute Gasteiger partial charge is 0.288 e. The average Bonchev–Trinajstić information content (AvgIpc) is 3.16. The maximum absolute atomic E-state index is 12.3. The van der Waals surface area contributed by atoms with Crippen LogP contribution >= 0.6 is 34.0 Å². The highest BCUT2D eigenvalue weighted by Gasteiger charge is 2.21. The standard InChI is InChI=1S/C14H8O2S3/c15-13(11-3-1-5-18-11)9-7-17-8-10(9)14(16)12-4-2-6-19-12/h1-8H. The molecule has 0 aromatic carbocycles. The highest BCUT2D eigenvalue weighted by molar-refractivity contribution is 7.13. The summed E-state index contributed by atoms with van der Waals surface area (Å²) in [5.74, 6) is -0.146. The summed E-state index contributed by atoms with van der Waals surface area (Å²) in [5, 5.41) is 7.23. The van der Waals surface area contributed by atoms with Crippen molar-refractivity contribution in [3.8, 4) is 0 Å². The van der Waals surface area contributed by atoms with Crippen molar-refractivity contribution in [3.05, 3.63) is 66.7 Å². The molecule has 0 aliphatic rings. The average molecular weight is 304 g/mol. The lowest BCUT2D eigenvalue weighted by Gasteiger charge is -2.00. The van der Waals surface area contributed by atoms with Gasteiger partial charge < -0.3 is 0 Å². The third kappa shape index (κ3) is 2.32. The molecule has 0 N–H and O–H groups in total. The van der Waals surface area contributed by atoms with Crippen LogP contribution in [-0.4, -0.2) is 11.6 Å². The van der Waals surface area contributed by atoms with Gasteiger partial charge in [0.25, 0.3) is 0 Å². The van der Waals surface area contributed by atoms with Gasteiger partial charge in [0.2, 0.25) is 11.6 Å². The van der Waals surface area contributed by atoms with Crippen molar-refractivity contribution in [1.82, 2.24) is 0 Å². The van der Waals surface area contributed by atoms with Gasteiger partial charge in [-0.25, -0.2) is 0 Å². The van der Waals surface area contributed by atoms with Crippen LogP contribution in [0.3, 0.4) is 0 Å². The molecule has 0 saturated carbocycles. The SMILES string of the molecule is O=C(c1cccs1)c1cscc1C(=O)c1cccs1. The lowest BCUT2D eigenvalue weighted by atomic mass is 10.0. The van der Waals surface area contributed by atoms with Crippen molar-refractivity contribution < 1.29 is 9.59 Å². The van der Waals surface area contributed by atoms with Crippen molar-refractivity contribution in [2.75, 3.05) is 0 Å². The normalized spacial score (nSPS) is 10.5. The Morgan fingerprint density at radius 3 is 1.63 bits per heavy atom. The molecule has 0 fully saturated rings. The predicted octanol–water partition coefficient (Wildman–Crippen LogP) is 4.33. The summed E-state index contributed by atoms with van der Waals surface area (Å²) in [4.78, 5) is 26.0. The summed E-state index contributed by atoms with van der Waals surface area (Å²) in [7, 11) is 0. The number of carbonyl (C=O) groups is 2. The molecule has 3 aromatic heterocycles. The summed E-state index contributed by atoms with van der Waals surface area (Å²) in [5.41, 5.74) is 1.01. The Hall–Kier alpha value is -1.56. The zero-order valence-electron chi connectivity index (χ0n) is 9.66. The van der Waals surface area contributed by atoms with Gasteiger partial charge in [-0.05, 0) is 22.9 Å². The fraction of sp³-hybridized carbons (Fsp3) is 0. The molecule has 94 valence electrons. The van der Waals surface area contributed by atoms with Gasteiger partial charge in [0, 0.05) is 21.9 Å². The first-order valence-corrected chi connectivity index (χ1v) is 8.20. The Kier molecular flexibility index (Phi) is 3.42. The van der Waals surface area contributed by atoms with E-state index in [-0.39, 0.29) is 11.6 Å². The first-order chi connectivity index (χ1) is 9.27. The maximum Gasteiger partial charge on any atom is 0.204 e. The first-order valence-electron chi connectivity index (χ1n) is 5.50. The fourth-order valence-corrected chi connectivity index (χ4v) is 3.89. The van der Waals surface area contributed by atoms with Crippen LogP contribution in [0, 0.1) is 0 Å². The highest BCUT2D eigenvalue weighted by Crippen LogP contribution is 2.25. The van der Waals surface area contributed by atoms with E-state index in [4.69, 9.17) is 0 Å². The predicted molar refractivity (Wildman–Crippen MR) is 79.8 cm³/mol. The van der Waals surface area contributed by atoms with Crippen LogP contribution < -0.4 is 0 Å². The molecule has 0 radical (unpaired) electrons. The molecule has 0 amide bonds. The second kappa shape index (κ2) is 5.21. The monoisotopic (exact) mass is 304 g/mol. The van der Waals surface area contributed by atoms with Crippen LogP contribution in [0.1, 0.15) is 30.5 Å². The second-order valence-corrected chi connectivity index (χ2v) is 6.45. The summed E-state index contributed by atoms with van der Waals surface area (Å²) in [6.07, 6.45) is 0. The third-order valence-corrected chi connectivity index (χ3v) is 5.12. The first kappa shape index (κ1) is 12.5. The van der Waals surface area contributed by atoms with Gasteiger partial charge in [-0.3, -0.25) is 9.59 Å². The molecule has 3 rings (SSSR count). The lowest BCUT2D eigenvalue weighted by Crippen LogP contribution is -2.06. The molecule has 2 nitrogen and oxygen atoms in total. The van der Waals surface area contributed by atoms with E-state index in [0.29, 0.717) is 20.9 Å². The van der Waals surface area contributed by atoms with E-state index in [9.17, 15) is 9.59 Å². The molecule has 5 heteroatoms. The molecule has 3 heterocycles. The van der Waals surface area contributed by atoms with E-state index in [2.05, 4.69) is 0 Å². The van der Waals surface area contributed by atoms with E-state index in [1.165, 1.54) is 34.0 Å². The van der Waals surface area contributed by atoms with E-state index in [1.807, 2.05) is 22.9 Å². The number of ketones is 2. The maximum atomic E-state index is 12.3. The van der Waals surface area contributed by atoms with E-state index in [0.717, 1.165) is 0 Å². The van der Waals surface area contributed by atoms with Gasteiger partial charge in [-0.1, -0.05) is 12.1 Å². The van der Waals surface area contributed by atoms with Crippen molar-refractivity contribution >= 4 is 45.6 Å². The van der Waals surface area contributed by atoms with Crippen LogP contribution in [0.5, 0.6) is 0 Å². The number of carbonyl (C=O) groups excluding carboxylic acids is 2. The van der Waals surface area contributed by atoms with Gasteiger partial charge in [0.1, 0.15) is 0 Å². The molecule has 0 bridgehead atoms. The Morgan fingerprint density at radius 2 is 1.26 bits per heavy atom. The smallest absolute Gasteiger partial charge is 0.204 e. The summed E-state index contributed by atoms with van der Waals surface area (Å²) in [6, 6.07) is 7.24. The molecular weight excluding hydrogens is 296 g/mol. The van der Waals surface area contributed by atoms with Crippen LogP contribution in [0.15, 0.2) is 45.8 Å². The topological polar surface area (TPSA) is 34.1 Å². The van der Waals surface area contributed by atoms with Crippen molar-refractivity contribution in [3.63, 3.8) is 0 Å². The number of hydrogen-bond donors (Lipinski definition) is 0. The third-order valence-electron chi connectivity index (χ3n) is 2.64. The zero-order valence-corrected chi connectivity index (χ0v) is 12.1. The van der Waals surface area contributed by atoms with Crippen molar-refractivity contribution in [2.24, 2.45) is 0 Å². The van der Waals surface area contributed by atoms with Crippen LogP contribution in [0.2, 0.25) is 0 Å². The minimum atomic E-state index is -0.0730. The molecule has 0 atom stereocenters. The van der Waals surface area contributed by atoms with Crippen molar-refractivity contribution in [1.29, 1.82) is 0 Å². The van der Waals surface area contributed by atoms with Gasteiger partial charge in [0.05, 0.1) is 9.75 Å². The molecule has 0 spiro atoms. The van der Waals surface area contributed by atoms with E-state index >= 15 is 0 Å². The zero-order chi connectivity index (χ0) is 13.2. The Bertz CT molecular complexity index is 645. The molecular formula is C14H8O2S3. The van der Waals surface area contributed by atoms with Gasteiger partial charge in [0.15, 0.2) is 0 Å². The van der Waals surface area contributed by atoms with Gasteiger partial charge >= 0.3 is 0 Å².